The topological polar surface area (TPSA) is 34.4 Å². The SMILES string of the molecule is CCCCn1/c(=N/C(=O)C23CC4CC(CC(C4)C2)C3)sc2ccccc21. The Labute approximate surface area is 159 Å². The Morgan fingerprint density at radius 2 is 1.81 bits per heavy atom. The highest BCUT2D eigenvalue weighted by Gasteiger charge is 2.54. The van der Waals surface area contributed by atoms with E-state index in [0.717, 1.165) is 61.2 Å². The van der Waals surface area contributed by atoms with Crippen molar-refractivity contribution in [3.8, 4) is 0 Å². The number of aryl methyl sites for hydroxylation is 1. The number of fused-ring (bicyclic) bond motifs is 1. The zero-order valence-electron chi connectivity index (χ0n) is 15.6. The molecule has 0 N–H and O–H groups in total. The second kappa shape index (κ2) is 6.33. The van der Waals surface area contributed by atoms with Crippen LogP contribution in [-0.4, -0.2) is 10.5 Å². The predicted octanol–water partition coefficient (Wildman–Crippen LogP) is 5.15. The minimum atomic E-state index is -0.131. The second-order valence-corrected chi connectivity index (χ2v) is 9.98. The smallest absolute Gasteiger partial charge is 0.254 e. The number of nitrogens with zero attached hydrogens (tertiary/aromatic N) is 2. The van der Waals surface area contributed by atoms with Crippen molar-refractivity contribution in [1.29, 1.82) is 0 Å². The number of rotatable bonds is 4. The van der Waals surface area contributed by atoms with Crippen LogP contribution in [0.2, 0.25) is 0 Å². The van der Waals surface area contributed by atoms with Crippen molar-refractivity contribution in [2.45, 2.75) is 64.8 Å². The largest absolute Gasteiger partial charge is 0.316 e. The van der Waals surface area contributed by atoms with Crippen LogP contribution in [0.25, 0.3) is 10.2 Å². The molecule has 4 heteroatoms. The van der Waals surface area contributed by atoms with Crippen LogP contribution in [0.15, 0.2) is 29.3 Å². The maximum absolute atomic E-state index is 13.4. The van der Waals surface area contributed by atoms with E-state index in [1.165, 1.54) is 29.5 Å². The van der Waals surface area contributed by atoms with Gasteiger partial charge in [0.05, 0.1) is 15.6 Å². The third-order valence-corrected chi connectivity index (χ3v) is 8.07. The van der Waals surface area contributed by atoms with Crippen LogP contribution in [0.4, 0.5) is 0 Å². The molecule has 138 valence electrons. The summed E-state index contributed by atoms with van der Waals surface area (Å²) in [6.07, 6.45) is 9.67. The van der Waals surface area contributed by atoms with E-state index in [-0.39, 0.29) is 11.3 Å². The average Bonchev–Trinajstić information content (AvgIpc) is 2.96. The van der Waals surface area contributed by atoms with Crippen molar-refractivity contribution in [3.63, 3.8) is 0 Å². The Hall–Kier alpha value is -1.42. The second-order valence-electron chi connectivity index (χ2n) is 8.97. The molecule has 1 aromatic heterocycles. The van der Waals surface area contributed by atoms with Crippen LogP contribution in [0.5, 0.6) is 0 Å². The quantitative estimate of drug-likeness (QED) is 0.735. The molecule has 4 fully saturated rings. The van der Waals surface area contributed by atoms with Crippen LogP contribution in [-0.2, 0) is 11.3 Å². The molecular formula is C22H28N2OS. The molecule has 4 aliphatic rings. The molecule has 0 spiro atoms. The van der Waals surface area contributed by atoms with Gasteiger partial charge in [0.15, 0.2) is 4.80 Å². The normalized spacial score (nSPS) is 33.3. The molecule has 2 aromatic rings. The van der Waals surface area contributed by atoms with Crippen LogP contribution in [0, 0.1) is 23.2 Å². The molecular weight excluding hydrogens is 340 g/mol. The number of hydrogen-bond donors (Lipinski definition) is 0. The number of unbranched alkanes of at least 4 members (excludes halogenated alkanes) is 1. The number of benzene rings is 1. The van der Waals surface area contributed by atoms with Crippen molar-refractivity contribution in [1.82, 2.24) is 4.57 Å². The highest BCUT2D eigenvalue weighted by atomic mass is 32.1. The minimum absolute atomic E-state index is 0.131. The van der Waals surface area contributed by atoms with E-state index in [2.05, 4.69) is 35.8 Å². The van der Waals surface area contributed by atoms with Crippen LogP contribution >= 0.6 is 11.3 Å². The number of thiazole rings is 1. The van der Waals surface area contributed by atoms with Crippen LogP contribution in [0.1, 0.15) is 58.3 Å². The van der Waals surface area contributed by atoms with Crippen molar-refractivity contribution in [2.24, 2.45) is 28.2 Å². The molecule has 0 aliphatic heterocycles. The lowest BCUT2D eigenvalue weighted by molar-refractivity contribution is -0.142. The molecule has 0 radical (unpaired) electrons. The minimum Gasteiger partial charge on any atom is -0.316 e. The summed E-state index contributed by atoms with van der Waals surface area (Å²) in [5.41, 5.74) is 1.09. The first-order valence-electron chi connectivity index (χ1n) is 10.3. The van der Waals surface area contributed by atoms with Gasteiger partial charge in [-0.1, -0.05) is 36.8 Å². The van der Waals surface area contributed by atoms with Crippen molar-refractivity contribution in [3.05, 3.63) is 29.1 Å². The molecule has 1 amide bonds. The van der Waals surface area contributed by atoms with E-state index in [4.69, 9.17) is 4.99 Å². The molecule has 4 aliphatic carbocycles. The first-order chi connectivity index (χ1) is 12.7. The average molecular weight is 369 g/mol. The third-order valence-electron chi connectivity index (χ3n) is 7.01. The van der Waals surface area contributed by atoms with Crippen LogP contribution < -0.4 is 4.80 Å². The summed E-state index contributed by atoms with van der Waals surface area (Å²) in [5.74, 6) is 2.55. The number of aromatic nitrogens is 1. The van der Waals surface area contributed by atoms with E-state index < -0.39 is 0 Å². The number of para-hydroxylation sites is 1. The fourth-order valence-electron chi connectivity index (χ4n) is 6.22. The van der Waals surface area contributed by atoms with Gasteiger partial charge in [0.25, 0.3) is 5.91 Å². The lowest BCUT2D eigenvalue weighted by Crippen LogP contribution is -2.49. The Bertz CT molecular complexity index is 871. The maximum atomic E-state index is 13.4. The van der Waals surface area contributed by atoms with E-state index in [1.807, 2.05) is 0 Å². The first-order valence-corrected chi connectivity index (χ1v) is 11.2. The standard InChI is InChI=1S/C22H28N2OS/c1-2-3-8-24-18-6-4-5-7-19(18)26-21(24)23-20(25)22-12-15-9-16(13-22)11-17(10-15)14-22/h4-7,15-17H,2-3,8-14H2,1H3/b23-21-. The summed E-state index contributed by atoms with van der Waals surface area (Å²) in [4.78, 5) is 19.1. The number of amides is 1. The van der Waals surface area contributed by atoms with Gasteiger partial charge in [0, 0.05) is 6.54 Å². The molecule has 1 aromatic carbocycles. The van der Waals surface area contributed by atoms with Gasteiger partial charge in [0.1, 0.15) is 0 Å². The van der Waals surface area contributed by atoms with Gasteiger partial charge in [-0.2, -0.15) is 4.99 Å². The Morgan fingerprint density at radius 3 is 2.46 bits per heavy atom. The zero-order chi connectivity index (χ0) is 17.7. The number of carbonyl (C=O) groups excluding carboxylic acids is 1. The van der Waals surface area contributed by atoms with Gasteiger partial charge >= 0.3 is 0 Å². The van der Waals surface area contributed by atoms with Crippen molar-refractivity contribution < 1.29 is 4.79 Å². The van der Waals surface area contributed by atoms with Crippen molar-refractivity contribution >= 4 is 27.5 Å². The molecule has 1 heterocycles. The predicted molar refractivity (Wildman–Crippen MR) is 106 cm³/mol. The fraction of sp³-hybridized carbons (Fsp3) is 0.636. The molecule has 0 saturated heterocycles. The van der Waals surface area contributed by atoms with E-state index in [1.54, 1.807) is 11.3 Å². The Morgan fingerprint density at radius 1 is 1.15 bits per heavy atom. The third kappa shape index (κ3) is 2.69. The monoisotopic (exact) mass is 368 g/mol. The van der Waals surface area contributed by atoms with Gasteiger partial charge in [-0.05, 0) is 74.8 Å². The summed E-state index contributed by atoms with van der Waals surface area (Å²) >= 11 is 1.68. The molecule has 3 nitrogen and oxygen atoms in total. The van der Waals surface area contributed by atoms with Crippen LogP contribution in [0.3, 0.4) is 0 Å². The summed E-state index contributed by atoms with van der Waals surface area (Å²) < 4.78 is 3.52. The fourth-order valence-corrected chi connectivity index (χ4v) is 7.27. The lowest BCUT2D eigenvalue weighted by Gasteiger charge is -2.55. The van der Waals surface area contributed by atoms with E-state index >= 15 is 0 Å². The lowest BCUT2D eigenvalue weighted by atomic mass is 9.49. The van der Waals surface area contributed by atoms with Gasteiger partial charge in [0.2, 0.25) is 0 Å². The van der Waals surface area contributed by atoms with E-state index in [0.29, 0.717) is 0 Å². The highest BCUT2D eigenvalue weighted by Crippen LogP contribution is 2.60. The van der Waals surface area contributed by atoms with Crippen molar-refractivity contribution in [2.75, 3.05) is 0 Å². The summed E-state index contributed by atoms with van der Waals surface area (Å²) in [5, 5.41) is 0. The van der Waals surface area contributed by atoms with Gasteiger partial charge in [-0.3, -0.25) is 4.79 Å². The molecule has 26 heavy (non-hydrogen) atoms. The molecule has 0 atom stereocenters. The van der Waals surface area contributed by atoms with E-state index in [9.17, 15) is 4.79 Å². The summed E-state index contributed by atoms with van der Waals surface area (Å²) in [6, 6.07) is 8.47. The molecule has 0 unspecified atom stereocenters. The van der Waals surface area contributed by atoms with Gasteiger partial charge in [-0.25, -0.2) is 0 Å². The highest BCUT2D eigenvalue weighted by molar-refractivity contribution is 7.16. The Balaban J connectivity index is 1.55. The Kier molecular flexibility index (Phi) is 4.07. The molecule has 6 rings (SSSR count). The molecule has 4 bridgehead atoms. The number of carbonyl (C=O) groups is 1. The summed E-state index contributed by atoms with van der Waals surface area (Å²) in [6.45, 7) is 3.17. The zero-order valence-corrected chi connectivity index (χ0v) is 16.4. The van der Waals surface area contributed by atoms with Gasteiger partial charge < -0.3 is 4.57 Å². The number of hydrogen-bond acceptors (Lipinski definition) is 2. The first kappa shape index (κ1) is 16.7. The molecule has 4 saturated carbocycles. The van der Waals surface area contributed by atoms with Gasteiger partial charge in [-0.15, -0.1) is 0 Å². The maximum Gasteiger partial charge on any atom is 0.254 e. The summed E-state index contributed by atoms with van der Waals surface area (Å²) in [7, 11) is 0.